The molecule has 1 unspecified atom stereocenters. The van der Waals surface area contributed by atoms with Crippen LogP contribution >= 0.6 is 11.8 Å². The van der Waals surface area contributed by atoms with E-state index >= 15 is 0 Å². The largest absolute Gasteiger partial charge is 0.349 e. The Balaban J connectivity index is 1.67. The highest BCUT2D eigenvalue weighted by atomic mass is 32.2. The van der Waals surface area contributed by atoms with E-state index in [1.165, 1.54) is 17.3 Å². The van der Waals surface area contributed by atoms with Crippen LogP contribution in [-0.4, -0.2) is 26.4 Å². The summed E-state index contributed by atoms with van der Waals surface area (Å²) in [6, 6.07) is 18.0. The fourth-order valence-corrected chi connectivity index (χ4v) is 3.60. The number of thioether (sulfide) groups is 1. The highest BCUT2D eigenvalue weighted by Crippen LogP contribution is 2.24. The summed E-state index contributed by atoms with van der Waals surface area (Å²) in [6.07, 6.45) is 1.81. The van der Waals surface area contributed by atoms with Gasteiger partial charge in [-0.2, -0.15) is 0 Å². The second-order valence-corrected chi connectivity index (χ2v) is 7.50. The van der Waals surface area contributed by atoms with Gasteiger partial charge in [0.1, 0.15) is 0 Å². The van der Waals surface area contributed by atoms with Crippen LogP contribution in [0.1, 0.15) is 24.1 Å². The smallest absolute Gasteiger partial charge is 0.230 e. The first kappa shape index (κ1) is 19.9. The van der Waals surface area contributed by atoms with Crippen molar-refractivity contribution in [2.75, 3.05) is 5.75 Å². The van der Waals surface area contributed by atoms with Crippen molar-refractivity contribution in [2.24, 2.45) is 0 Å². The van der Waals surface area contributed by atoms with E-state index in [2.05, 4.69) is 29.0 Å². The summed E-state index contributed by atoms with van der Waals surface area (Å²) < 4.78 is 1.98. The van der Waals surface area contributed by atoms with Gasteiger partial charge in [-0.25, -0.2) is 0 Å². The lowest BCUT2D eigenvalue weighted by Crippen LogP contribution is -2.28. The summed E-state index contributed by atoms with van der Waals surface area (Å²) in [5.74, 6) is 1.02. The van der Waals surface area contributed by atoms with E-state index in [4.69, 9.17) is 0 Å². The van der Waals surface area contributed by atoms with Gasteiger partial charge in [-0.05, 0) is 19.4 Å². The van der Waals surface area contributed by atoms with Crippen LogP contribution in [0.25, 0.3) is 11.4 Å². The average Bonchev–Trinajstić information content (AvgIpc) is 3.10. The lowest BCUT2D eigenvalue weighted by molar-refractivity contribution is -0.119. The van der Waals surface area contributed by atoms with Crippen molar-refractivity contribution in [1.29, 1.82) is 0 Å². The number of nitrogens with one attached hydrogen (secondary N) is 1. The average molecular weight is 393 g/mol. The molecular formula is C22H24N4OS. The minimum atomic E-state index is -0.0385. The second kappa shape index (κ2) is 9.37. The van der Waals surface area contributed by atoms with Crippen molar-refractivity contribution < 1.29 is 4.79 Å². The normalized spacial score (nSPS) is 11.8. The van der Waals surface area contributed by atoms with E-state index < -0.39 is 0 Å². The van der Waals surface area contributed by atoms with Gasteiger partial charge in [0.2, 0.25) is 5.91 Å². The van der Waals surface area contributed by atoms with Crippen LogP contribution in [0.3, 0.4) is 0 Å². The Kier molecular flexibility index (Phi) is 6.66. The lowest BCUT2D eigenvalue weighted by Gasteiger charge is -2.14. The van der Waals surface area contributed by atoms with Crippen molar-refractivity contribution >= 4 is 17.7 Å². The molecule has 5 nitrogen and oxygen atoms in total. The number of rotatable bonds is 8. The van der Waals surface area contributed by atoms with Gasteiger partial charge < -0.3 is 5.32 Å². The molecule has 1 heterocycles. The quantitative estimate of drug-likeness (QED) is 0.456. The van der Waals surface area contributed by atoms with E-state index in [1.54, 1.807) is 0 Å². The molecule has 0 aliphatic carbocycles. The molecule has 2 aromatic carbocycles. The zero-order valence-corrected chi connectivity index (χ0v) is 16.9. The first-order chi connectivity index (χ1) is 13.6. The number of hydrogen-bond donors (Lipinski definition) is 1. The SMILES string of the molecule is C=CCn1c(SCC(=O)NC(C)c2ccccc2)nnc1-c1ccc(C)cc1. The topological polar surface area (TPSA) is 59.8 Å². The van der Waals surface area contributed by atoms with Gasteiger partial charge in [0.05, 0.1) is 11.8 Å². The number of allylic oxidation sites excluding steroid dienone is 1. The number of amides is 1. The van der Waals surface area contributed by atoms with Crippen LogP contribution in [0.5, 0.6) is 0 Å². The van der Waals surface area contributed by atoms with Gasteiger partial charge in [0, 0.05) is 12.1 Å². The first-order valence-electron chi connectivity index (χ1n) is 9.16. The number of nitrogens with zero attached hydrogens (tertiary/aromatic N) is 3. The third-order valence-corrected chi connectivity index (χ3v) is 5.31. The summed E-state index contributed by atoms with van der Waals surface area (Å²) in [7, 11) is 0. The predicted molar refractivity (Wildman–Crippen MR) is 114 cm³/mol. The third-order valence-electron chi connectivity index (χ3n) is 4.35. The molecule has 0 bridgehead atoms. The molecule has 0 fully saturated rings. The summed E-state index contributed by atoms with van der Waals surface area (Å²) >= 11 is 1.38. The Hall–Kier alpha value is -2.86. The number of aryl methyl sites for hydroxylation is 1. The molecule has 0 aliphatic rings. The number of carbonyl (C=O) groups excluding carboxylic acids is 1. The van der Waals surface area contributed by atoms with Crippen LogP contribution in [-0.2, 0) is 11.3 Å². The number of hydrogen-bond acceptors (Lipinski definition) is 4. The Labute approximate surface area is 169 Å². The molecule has 1 amide bonds. The van der Waals surface area contributed by atoms with Crippen molar-refractivity contribution in [3.63, 3.8) is 0 Å². The van der Waals surface area contributed by atoms with Crippen LogP contribution in [0.2, 0.25) is 0 Å². The van der Waals surface area contributed by atoms with Gasteiger partial charge in [0.15, 0.2) is 11.0 Å². The zero-order valence-electron chi connectivity index (χ0n) is 16.1. The Morgan fingerprint density at radius 1 is 1.18 bits per heavy atom. The maximum Gasteiger partial charge on any atom is 0.230 e. The molecule has 1 aromatic heterocycles. The van der Waals surface area contributed by atoms with Crippen molar-refractivity contribution in [2.45, 2.75) is 31.6 Å². The molecule has 0 radical (unpaired) electrons. The van der Waals surface area contributed by atoms with Gasteiger partial charge in [-0.15, -0.1) is 16.8 Å². The van der Waals surface area contributed by atoms with Crippen molar-refractivity contribution in [1.82, 2.24) is 20.1 Å². The Morgan fingerprint density at radius 3 is 2.57 bits per heavy atom. The van der Waals surface area contributed by atoms with E-state index in [-0.39, 0.29) is 17.7 Å². The van der Waals surface area contributed by atoms with E-state index in [0.29, 0.717) is 11.7 Å². The minimum absolute atomic E-state index is 0.0357. The maximum absolute atomic E-state index is 12.4. The molecule has 0 aliphatic heterocycles. The molecule has 1 atom stereocenters. The fourth-order valence-electron chi connectivity index (χ4n) is 2.84. The molecular weight excluding hydrogens is 368 g/mol. The van der Waals surface area contributed by atoms with Gasteiger partial charge in [0.25, 0.3) is 0 Å². The van der Waals surface area contributed by atoms with Crippen LogP contribution in [0, 0.1) is 6.92 Å². The van der Waals surface area contributed by atoms with Crippen LogP contribution < -0.4 is 5.32 Å². The monoisotopic (exact) mass is 392 g/mol. The van der Waals surface area contributed by atoms with Gasteiger partial charge >= 0.3 is 0 Å². The highest BCUT2D eigenvalue weighted by Gasteiger charge is 2.16. The molecule has 6 heteroatoms. The third kappa shape index (κ3) is 4.89. The fraction of sp³-hybridized carbons (Fsp3) is 0.227. The summed E-state index contributed by atoms with van der Waals surface area (Å²) in [5.41, 5.74) is 3.27. The van der Waals surface area contributed by atoms with E-state index in [1.807, 2.05) is 72.2 Å². The predicted octanol–water partition coefficient (Wildman–Crippen LogP) is 4.41. The van der Waals surface area contributed by atoms with Crippen molar-refractivity contribution in [3.8, 4) is 11.4 Å². The molecule has 144 valence electrons. The van der Waals surface area contributed by atoms with Gasteiger partial charge in [-0.1, -0.05) is 78.0 Å². The van der Waals surface area contributed by atoms with E-state index in [9.17, 15) is 4.79 Å². The van der Waals surface area contributed by atoms with Crippen molar-refractivity contribution in [3.05, 3.63) is 78.4 Å². The minimum Gasteiger partial charge on any atom is -0.349 e. The van der Waals surface area contributed by atoms with Crippen LogP contribution in [0.4, 0.5) is 0 Å². The zero-order chi connectivity index (χ0) is 19.9. The molecule has 0 saturated heterocycles. The molecule has 0 spiro atoms. The summed E-state index contributed by atoms with van der Waals surface area (Å²) in [6.45, 7) is 8.44. The molecule has 3 rings (SSSR count). The molecule has 1 N–H and O–H groups in total. The highest BCUT2D eigenvalue weighted by molar-refractivity contribution is 7.99. The number of carbonyl (C=O) groups is 1. The van der Waals surface area contributed by atoms with Crippen LogP contribution in [0.15, 0.2) is 72.4 Å². The molecule has 28 heavy (non-hydrogen) atoms. The van der Waals surface area contributed by atoms with E-state index in [0.717, 1.165) is 17.0 Å². The summed E-state index contributed by atoms with van der Waals surface area (Å²) in [5, 5.41) is 12.4. The second-order valence-electron chi connectivity index (χ2n) is 6.56. The van der Waals surface area contributed by atoms with Gasteiger partial charge in [-0.3, -0.25) is 9.36 Å². The number of benzene rings is 2. The summed E-state index contributed by atoms with van der Waals surface area (Å²) in [4.78, 5) is 12.4. The lowest BCUT2D eigenvalue weighted by atomic mass is 10.1. The Bertz CT molecular complexity index is 935. The Morgan fingerprint density at radius 2 is 1.89 bits per heavy atom. The number of aromatic nitrogens is 3. The molecule has 3 aromatic rings. The molecule has 0 saturated carbocycles. The first-order valence-corrected chi connectivity index (χ1v) is 10.1. The maximum atomic E-state index is 12.4. The standard InChI is InChI=1S/C22H24N4OS/c1-4-14-26-21(19-12-10-16(2)11-13-19)24-25-22(26)28-15-20(27)23-17(3)18-8-6-5-7-9-18/h4-13,17H,1,14-15H2,2-3H3,(H,23,27).